The highest BCUT2D eigenvalue weighted by atomic mass is 35.5. The minimum Gasteiger partial charge on any atom is -0.491 e. The van der Waals surface area contributed by atoms with E-state index in [1.54, 1.807) is 6.20 Å². The summed E-state index contributed by atoms with van der Waals surface area (Å²) in [5.74, 6) is 0.737. The Bertz CT molecular complexity index is 517. The minimum absolute atomic E-state index is 0.579. The van der Waals surface area contributed by atoms with Gasteiger partial charge in [-0.3, -0.25) is 4.98 Å². The molecule has 100 valence electrons. The highest BCUT2D eigenvalue weighted by Gasteiger charge is 2.01. The summed E-state index contributed by atoms with van der Waals surface area (Å²) in [7, 11) is 0. The first-order chi connectivity index (χ1) is 9.25. The number of ether oxygens (including phenoxy) is 1. The van der Waals surface area contributed by atoms with Crippen LogP contribution in [-0.2, 0) is 6.54 Å². The van der Waals surface area contributed by atoms with E-state index in [1.807, 2.05) is 43.3 Å². The molecule has 1 aromatic heterocycles. The Morgan fingerprint density at radius 3 is 2.95 bits per heavy atom. The monoisotopic (exact) mass is 276 g/mol. The molecule has 0 bridgehead atoms. The molecule has 0 spiro atoms. The lowest BCUT2D eigenvalue weighted by Crippen LogP contribution is -2.21. The fourth-order valence-corrected chi connectivity index (χ4v) is 1.85. The molecule has 4 heteroatoms. The van der Waals surface area contributed by atoms with E-state index < -0.39 is 0 Å². The van der Waals surface area contributed by atoms with Crippen LogP contribution in [0.25, 0.3) is 0 Å². The van der Waals surface area contributed by atoms with Crippen molar-refractivity contribution in [3.63, 3.8) is 0 Å². The summed E-state index contributed by atoms with van der Waals surface area (Å²) >= 11 is 6.05. The Labute approximate surface area is 118 Å². The van der Waals surface area contributed by atoms with Crippen molar-refractivity contribution in [1.82, 2.24) is 10.3 Å². The zero-order valence-electron chi connectivity index (χ0n) is 10.9. The lowest BCUT2D eigenvalue weighted by molar-refractivity contribution is 0.313. The fourth-order valence-electron chi connectivity index (χ4n) is 1.67. The van der Waals surface area contributed by atoms with Gasteiger partial charge in [-0.1, -0.05) is 23.7 Å². The lowest BCUT2D eigenvalue weighted by Gasteiger charge is -2.09. The Morgan fingerprint density at radius 2 is 2.16 bits per heavy atom. The van der Waals surface area contributed by atoms with Crippen LogP contribution >= 0.6 is 11.6 Å². The second-order valence-corrected chi connectivity index (χ2v) is 4.69. The van der Waals surface area contributed by atoms with Crippen molar-refractivity contribution >= 4 is 11.6 Å². The van der Waals surface area contributed by atoms with Gasteiger partial charge in [0.05, 0.1) is 10.7 Å². The standard InChI is InChI=1S/C15H17ClN2O/c1-12-5-6-14(16)15(10-12)19-9-8-17-11-13-4-2-3-7-18-13/h2-7,10,17H,8-9,11H2,1H3. The molecule has 0 saturated carbocycles. The summed E-state index contributed by atoms with van der Waals surface area (Å²) in [6, 6.07) is 11.6. The number of aromatic nitrogens is 1. The van der Waals surface area contributed by atoms with Crippen molar-refractivity contribution < 1.29 is 4.74 Å². The van der Waals surface area contributed by atoms with E-state index in [9.17, 15) is 0 Å². The Balaban J connectivity index is 1.71. The van der Waals surface area contributed by atoms with Gasteiger partial charge in [-0.15, -0.1) is 0 Å². The Hall–Kier alpha value is -1.58. The third-order valence-electron chi connectivity index (χ3n) is 2.66. The second-order valence-electron chi connectivity index (χ2n) is 4.28. The van der Waals surface area contributed by atoms with Gasteiger partial charge in [0, 0.05) is 19.3 Å². The fraction of sp³-hybridized carbons (Fsp3) is 0.267. The molecule has 0 aliphatic heterocycles. The number of hydrogen-bond donors (Lipinski definition) is 1. The molecule has 0 unspecified atom stereocenters. The van der Waals surface area contributed by atoms with Crippen molar-refractivity contribution in [1.29, 1.82) is 0 Å². The molecule has 1 aromatic carbocycles. The van der Waals surface area contributed by atoms with Gasteiger partial charge in [0.2, 0.25) is 0 Å². The average molecular weight is 277 g/mol. The Kier molecular flexibility index (Phi) is 5.19. The zero-order valence-corrected chi connectivity index (χ0v) is 11.7. The predicted octanol–water partition coefficient (Wildman–Crippen LogP) is 3.21. The van der Waals surface area contributed by atoms with Gasteiger partial charge in [0.15, 0.2) is 0 Å². The first-order valence-corrected chi connectivity index (χ1v) is 6.63. The van der Waals surface area contributed by atoms with Gasteiger partial charge >= 0.3 is 0 Å². The number of pyridine rings is 1. The van der Waals surface area contributed by atoms with Crippen molar-refractivity contribution in [3.05, 3.63) is 58.9 Å². The van der Waals surface area contributed by atoms with E-state index in [-0.39, 0.29) is 0 Å². The normalized spacial score (nSPS) is 10.4. The SMILES string of the molecule is Cc1ccc(Cl)c(OCCNCc2ccccn2)c1. The molecule has 0 aliphatic rings. The van der Waals surface area contributed by atoms with Crippen LogP contribution in [0, 0.1) is 6.92 Å². The number of aryl methyl sites for hydroxylation is 1. The average Bonchev–Trinajstić information content (AvgIpc) is 2.43. The minimum atomic E-state index is 0.579. The van der Waals surface area contributed by atoms with Crippen LogP contribution in [0.4, 0.5) is 0 Å². The molecule has 0 atom stereocenters. The summed E-state index contributed by atoms with van der Waals surface area (Å²) in [5.41, 5.74) is 2.16. The molecule has 0 amide bonds. The number of nitrogens with one attached hydrogen (secondary N) is 1. The summed E-state index contributed by atoms with van der Waals surface area (Å²) < 4.78 is 5.64. The van der Waals surface area contributed by atoms with E-state index in [4.69, 9.17) is 16.3 Å². The van der Waals surface area contributed by atoms with Crippen LogP contribution in [0.2, 0.25) is 5.02 Å². The summed E-state index contributed by atoms with van der Waals surface area (Å²) in [6.45, 7) is 4.09. The Morgan fingerprint density at radius 1 is 1.26 bits per heavy atom. The van der Waals surface area contributed by atoms with Crippen molar-refractivity contribution in [3.8, 4) is 5.75 Å². The number of halogens is 1. The summed E-state index contributed by atoms with van der Waals surface area (Å²) in [4.78, 5) is 4.24. The smallest absolute Gasteiger partial charge is 0.138 e. The van der Waals surface area contributed by atoms with E-state index in [1.165, 1.54) is 0 Å². The lowest BCUT2D eigenvalue weighted by atomic mass is 10.2. The number of nitrogens with zero attached hydrogens (tertiary/aromatic N) is 1. The van der Waals surface area contributed by atoms with E-state index in [2.05, 4.69) is 10.3 Å². The van der Waals surface area contributed by atoms with Crippen LogP contribution in [0.1, 0.15) is 11.3 Å². The summed E-state index contributed by atoms with van der Waals surface area (Å²) in [5, 5.41) is 3.92. The van der Waals surface area contributed by atoms with Crippen LogP contribution in [0.5, 0.6) is 5.75 Å². The molecule has 2 rings (SSSR count). The molecule has 19 heavy (non-hydrogen) atoms. The van der Waals surface area contributed by atoms with Gasteiger partial charge in [-0.2, -0.15) is 0 Å². The number of rotatable bonds is 6. The molecule has 0 aliphatic carbocycles. The maximum absolute atomic E-state index is 6.05. The topological polar surface area (TPSA) is 34.1 Å². The third-order valence-corrected chi connectivity index (χ3v) is 2.97. The molecule has 0 fully saturated rings. The van der Waals surface area contributed by atoms with Crippen LogP contribution < -0.4 is 10.1 Å². The third kappa shape index (κ3) is 4.54. The molecule has 1 heterocycles. The van der Waals surface area contributed by atoms with Crippen molar-refractivity contribution in [2.45, 2.75) is 13.5 Å². The quantitative estimate of drug-likeness (QED) is 0.823. The van der Waals surface area contributed by atoms with Gasteiger partial charge in [-0.05, 0) is 36.8 Å². The zero-order chi connectivity index (χ0) is 13.5. The van der Waals surface area contributed by atoms with Crippen LogP contribution in [0.15, 0.2) is 42.6 Å². The molecule has 3 nitrogen and oxygen atoms in total. The van der Waals surface area contributed by atoms with Gasteiger partial charge in [0.1, 0.15) is 12.4 Å². The maximum Gasteiger partial charge on any atom is 0.138 e. The summed E-state index contributed by atoms with van der Waals surface area (Å²) in [6.07, 6.45) is 1.79. The highest BCUT2D eigenvalue weighted by molar-refractivity contribution is 6.32. The number of hydrogen-bond acceptors (Lipinski definition) is 3. The van der Waals surface area contributed by atoms with E-state index in [0.29, 0.717) is 11.6 Å². The molecule has 2 aromatic rings. The van der Waals surface area contributed by atoms with Gasteiger partial charge in [-0.25, -0.2) is 0 Å². The largest absolute Gasteiger partial charge is 0.491 e. The van der Waals surface area contributed by atoms with Crippen molar-refractivity contribution in [2.75, 3.05) is 13.2 Å². The van der Waals surface area contributed by atoms with Gasteiger partial charge in [0.25, 0.3) is 0 Å². The number of benzene rings is 1. The van der Waals surface area contributed by atoms with Gasteiger partial charge < -0.3 is 10.1 Å². The second kappa shape index (κ2) is 7.12. The highest BCUT2D eigenvalue weighted by Crippen LogP contribution is 2.24. The molecule has 0 radical (unpaired) electrons. The molecular weight excluding hydrogens is 260 g/mol. The van der Waals surface area contributed by atoms with E-state index >= 15 is 0 Å². The first-order valence-electron chi connectivity index (χ1n) is 6.25. The van der Waals surface area contributed by atoms with E-state index in [0.717, 1.165) is 30.1 Å². The maximum atomic E-state index is 6.05. The first kappa shape index (κ1) is 13.8. The molecule has 0 saturated heterocycles. The van der Waals surface area contributed by atoms with Crippen LogP contribution in [0.3, 0.4) is 0 Å². The molecular formula is C15H17ClN2O. The predicted molar refractivity (Wildman–Crippen MR) is 77.6 cm³/mol. The van der Waals surface area contributed by atoms with Crippen LogP contribution in [-0.4, -0.2) is 18.1 Å². The van der Waals surface area contributed by atoms with Crippen molar-refractivity contribution in [2.24, 2.45) is 0 Å². The molecule has 1 N–H and O–H groups in total.